The van der Waals surface area contributed by atoms with Crippen LogP contribution in [0.4, 0.5) is 0 Å². The highest BCUT2D eigenvalue weighted by molar-refractivity contribution is 7.23. The topological polar surface area (TPSA) is 3.24 Å². The normalized spacial score (nSPS) is 13.4. The summed E-state index contributed by atoms with van der Waals surface area (Å²) >= 11 is 0. The van der Waals surface area contributed by atoms with Gasteiger partial charge in [-0.3, -0.25) is 0 Å². The molecule has 0 unspecified atom stereocenters. The lowest BCUT2D eigenvalue weighted by Gasteiger charge is -2.33. The molecule has 0 aromatic rings. The van der Waals surface area contributed by atoms with Crippen molar-refractivity contribution in [2.75, 3.05) is 13.1 Å². The van der Waals surface area contributed by atoms with Crippen molar-refractivity contribution in [1.82, 2.24) is 4.57 Å². The molecule has 0 bridgehead atoms. The van der Waals surface area contributed by atoms with Gasteiger partial charge in [0.15, 0.2) is 0 Å². The maximum atomic E-state index is 2.75. The molecule has 0 saturated heterocycles. The molecule has 0 rings (SSSR count). The van der Waals surface area contributed by atoms with Gasteiger partial charge in [0.25, 0.3) is 0 Å². The summed E-state index contributed by atoms with van der Waals surface area (Å²) in [6, 6.07) is 4.55. The molecule has 0 aromatic heterocycles. The van der Waals surface area contributed by atoms with Crippen molar-refractivity contribution in [3.63, 3.8) is 0 Å². The van der Waals surface area contributed by atoms with Crippen LogP contribution in [0.3, 0.4) is 0 Å². The van der Waals surface area contributed by atoms with Gasteiger partial charge in [-0.25, -0.2) is 0 Å². The van der Waals surface area contributed by atoms with Crippen molar-refractivity contribution in [1.29, 1.82) is 0 Å². The quantitative estimate of drug-likeness (QED) is 0.592. The van der Waals surface area contributed by atoms with E-state index in [4.69, 9.17) is 0 Å². The zero-order valence-corrected chi connectivity index (χ0v) is 12.6. The zero-order valence-electron chi connectivity index (χ0n) is 10.2. The number of hydrogen-bond acceptors (Lipinski definition) is 1. The summed E-state index contributed by atoms with van der Waals surface area (Å²) in [5, 5.41) is 0. The van der Waals surface area contributed by atoms with E-state index in [1.54, 1.807) is 0 Å². The molecule has 0 aromatic carbocycles. The average Bonchev–Trinajstić information content (AvgIpc) is 2.21. The number of hydrogen-bond donors (Lipinski definition) is 0. The molecule has 0 fully saturated rings. The fourth-order valence-electron chi connectivity index (χ4n) is 2.01. The molecule has 0 heterocycles. The lowest BCUT2D eigenvalue weighted by atomic mass is 10.7. The highest BCUT2D eigenvalue weighted by Gasteiger charge is 2.28. The molecule has 0 saturated carbocycles. The van der Waals surface area contributed by atoms with Crippen LogP contribution in [-0.4, -0.2) is 34.4 Å². The minimum Gasteiger partial charge on any atom is -0.332 e. The van der Waals surface area contributed by atoms with Gasteiger partial charge in [0.05, 0.1) is 16.8 Å². The van der Waals surface area contributed by atoms with Gasteiger partial charge >= 0.3 is 0 Å². The fourth-order valence-corrected chi connectivity index (χ4v) is 11.8. The standard InChI is InChI=1S/C10H27NSi2/c1-6-11(7-2)12-13(8-3,9-4)10-5/h6-10,12H2,1-5H3. The first-order valence-electron chi connectivity index (χ1n) is 5.90. The molecule has 13 heavy (non-hydrogen) atoms. The Bertz CT molecular complexity index is 112. The third-order valence-corrected chi connectivity index (χ3v) is 18.1. The molecule has 0 N–H and O–H groups in total. The van der Waals surface area contributed by atoms with Crippen LogP contribution < -0.4 is 0 Å². The second-order valence-corrected chi connectivity index (χ2v) is 15.8. The van der Waals surface area contributed by atoms with Crippen molar-refractivity contribution in [3.05, 3.63) is 0 Å². The second-order valence-electron chi connectivity index (χ2n) is 4.02. The van der Waals surface area contributed by atoms with Gasteiger partial charge in [0.1, 0.15) is 0 Å². The minimum atomic E-state index is -0.758. The van der Waals surface area contributed by atoms with Gasteiger partial charge in [-0.15, -0.1) is 0 Å². The molecule has 0 aliphatic rings. The predicted octanol–water partition coefficient (Wildman–Crippen LogP) is 2.42. The van der Waals surface area contributed by atoms with Crippen molar-refractivity contribution >= 4 is 16.8 Å². The van der Waals surface area contributed by atoms with E-state index in [2.05, 4.69) is 39.2 Å². The van der Waals surface area contributed by atoms with E-state index < -0.39 is 7.59 Å². The monoisotopic (exact) mass is 217 g/mol. The summed E-state index contributed by atoms with van der Waals surface area (Å²) in [4.78, 5) is 0. The summed E-state index contributed by atoms with van der Waals surface area (Å²) in [7, 11) is -0.653. The van der Waals surface area contributed by atoms with Crippen molar-refractivity contribution < 1.29 is 0 Å². The summed E-state index contributed by atoms with van der Waals surface area (Å²) < 4.78 is 2.75. The van der Waals surface area contributed by atoms with Crippen LogP contribution in [0.5, 0.6) is 0 Å². The van der Waals surface area contributed by atoms with E-state index in [-0.39, 0.29) is 9.20 Å². The maximum absolute atomic E-state index is 2.75. The van der Waals surface area contributed by atoms with E-state index in [0.717, 1.165) is 0 Å². The molecule has 0 amide bonds. The summed E-state index contributed by atoms with van der Waals surface area (Å²) in [5.41, 5.74) is 0. The van der Waals surface area contributed by atoms with Crippen LogP contribution in [0.2, 0.25) is 18.1 Å². The highest BCUT2D eigenvalue weighted by Crippen LogP contribution is 2.19. The van der Waals surface area contributed by atoms with Gasteiger partial charge in [0.2, 0.25) is 0 Å². The van der Waals surface area contributed by atoms with E-state index in [9.17, 15) is 0 Å². The van der Waals surface area contributed by atoms with Crippen LogP contribution in [0.1, 0.15) is 34.6 Å². The lowest BCUT2D eigenvalue weighted by Crippen LogP contribution is -2.49. The van der Waals surface area contributed by atoms with Crippen LogP contribution in [0.25, 0.3) is 0 Å². The SMILES string of the molecule is CCN(CC)[SiH2][Si](CC)(CC)CC. The molecule has 0 atom stereocenters. The largest absolute Gasteiger partial charge is 0.332 e. The highest BCUT2D eigenvalue weighted by atomic mass is 29.2. The maximum Gasteiger partial charge on any atom is 0.0870 e. The van der Waals surface area contributed by atoms with Crippen LogP contribution >= 0.6 is 0 Å². The summed E-state index contributed by atoms with van der Waals surface area (Å²) in [6.07, 6.45) is 0. The molecule has 80 valence electrons. The molecule has 0 radical (unpaired) electrons. The molecule has 0 spiro atoms. The van der Waals surface area contributed by atoms with Crippen LogP contribution in [-0.2, 0) is 0 Å². The van der Waals surface area contributed by atoms with Crippen molar-refractivity contribution in [2.24, 2.45) is 0 Å². The average molecular weight is 218 g/mol. The zero-order chi connectivity index (χ0) is 10.3. The van der Waals surface area contributed by atoms with Gasteiger partial charge in [-0.2, -0.15) is 0 Å². The molecule has 0 aliphatic carbocycles. The van der Waals surface area contributed by atoms with E-state index >= 15 is 0 Å². The number of nitrogens with zero attached hydrogens (tertiary/aromatic N) is 1. The fraction of sp³-hybridized carbons (Fsp3) is 1.00. The Morgan fingerprint density at radius 1 is 0.846 bits per heavy atom. The van der Waals surface area contributed by atoms with Crippen molar-refractivity contribution in [2.45, 2.75) is 52.8 Å². The Hall–Kier alpha value is 0.394. The van der Waals surface area contributed by atoms with E-state index in [1.807, 2.05) is 0 Å². The molecular formula is C10H27NSi2. The smallest absolute Gasteiger partial charge is 0.0870 e. The van der Waals surface area contributed by atoms with E-state index in [1.165, 1.54) is 31.2 Å². The Labute approximate surface area is 87.6 Å². The molecule has 1 nitrogen and oxygen atoms in total. The van der Waals surface area contributed by atoms with Crippen molar-refractivity contribution in [3.8, 4) is 0 Å². The number of rotatable bonds is 7. The third-order valence-electron chi connectivity index (χ3n) is 3.70. The van der Waals surface area contributed by atoms with E-state index in [0.29, 0.717) is 0 Å². The summed E-state index contributed by atoms with van der Waals surface area (Å²) in [5.74, 6) is 0. The Kier molecular flexibility index (Phi) is 7.00. The second kappa shape index (κ2) is 6.79. The predicted molar refractivity (Wildman–Crippen MR) is 68.7 cm³/mol. The van der Waals surface area contributed by atoms with Crippen LogP contribution in [0.15, 0.2) is 0 Å². The molecular weight excluding hydrogens is 190 g/mol. The Balaban J connectivity index is 4.21. The lowest BCUT2D eigenvalue weighted by molar-refractivity contribution is 0.499. The third kappa shape index (κ3) is 3.96. The minimum absolute atomic E-state index is 0.105. The molecule has 0 aliphatic heterocycles. The van der Waals surface area contributed by atoms with Gasteiger partial charge in [0, 0.05) is 0 Å². The Morgan fingerprint density at radius 3 is 1.46 bits per heavy atom. The Morgan fingerprint density at radius 2 is 1.23 bits per heavy atom. The summed E-state index contributed by atoms with van der Waals surface area (Å²) in [6.45, 7) is 14.5. The molecule has 3 heteroatoms. The van der Waals surface area contributed by atoms with Gasteiger partial charge in [-0.05, 0) is 13.1 Å². The van der Waals surface area contributed by atoms with Crippen LogP contribution in [0, 0.1) is 0 Å². The first-order chi connectivity index (χ1) is 6.17. The van der Waals surface area contributed by atoms with Gasteiger partial charge in [-0.1, -0.05) is 52.8 Å². The first kappa shape index (κ1) is 13.4. The van der Waals surface area contributed by atoms with Gasteiger partial charge < -0.3 is 4.57 Å². The first-order valence-corrected chi connectivity index (χ1v) is 11.5.